The average Bonchev–Trinajstić information content (AvgIpc) is 1.79. The van der Waals surface area contributed by atoms with Gasteiger partial charge in [-0.25, -0.2) is 0 Å². The molecule has 2 nitrogen and oxygen atoms in total. The van der Waals surface area contributed by atoms with E-state index in [2.05, 4.69) is 0 Å². The Morgan fingerprint density at radius 2 is 1.75 bits per heavy atom. The van der Waals surface area contributed by atoms with Crippen LogP contribution in [0.25, 0.3) is 0 Å². The molecule has 0 spiro atoms. The molecule has 1 unspecified atom stereocenters. The maximum absolute atomic E-state index is 10.6. The topological polar surface area (TPSA) is 26.3 Å². The van der Waals surface area contributed by atoms with Crippen LogP contribution in [-0.4, -0.2) is 15.9 Å². The van der Waals surface area contributed by atoms with Crippen LogP contribution in [0.2, 0.25) is 0 Å². The second kappa shape index (κ2) is 4.54. The van der Waals surface area contributed by atoms with E-state index in [9.17, 15) is 4.79 Å². The Kier molecular flexibility index (Phi) is 4.67. The maximum Gasteiger partial charge on any atom is 0.303 e. The Hall–Kier alpha value is 0.340. The quantitative estimate of drug-likeness (QED) is 0.541. The molecule has 0 aromatic heterocycles. The molecule has 0 aliphatic carbocycles. The summed E-state index contributed by atoms with van der Waals surface area (Å²) < 4.78 is 3.29. The van der Waals surface area contributed by atoms with Crippen molar-refractivity contribution in [3.05, 3.63) is 0 Å². The van der Waals surface area contributed by atoms with Crippen LogP contribution in [0.1, 0.15) is 20.8 Å². The van der Waals surface area contributed by atoms with Crippen LogP contribution in [0.3, 0.4) is 0 Å². The molecule has 5 heteroatoms. The molecular formula is C7H11Cl3O2. The van der Waals surface area contributed by atoms with Gasteiger partial charge in [-0.15, -0.1) is 0 Å². The lowest BCUT2D eigenvalue weighted by Gasteiger charge is -2.26. The van der Waals surface area contributed by atoms with E-state index in [4.69, 9.17) is 39.5 Å². The van der Waals surface area contributed by atoms with Gasteiger partial charge in [-0.1, -0.05) is 48.7 Å². The minimum absolute atomic E-state index is 0.0265. The van der Waals surface area contributed by atoms with E-state index in [1.54, 1.807) is 0 Å². The Balaban J connectivity index is 4.35. The van der Waals surface area contributed by atoms with Crippen molar-refractivity contribution in [3.63, 3.8) is 0 Å². The Bertz CT molecular complexity index is 163. The second-order valence-corrected chi connectivity index (χ2v) is 5.18. The standard InChI is InChI=1S/C7H11Cl3O2/c1-4(2)6(7(8,9)10)12-5(3)11/h4,6H,1-3H3. The van der Waals surface area contributed by atoms with Crippen molar-refractivity contribution in [3.8, 4) is 0 Å². The maximum atomic E-state index is 10.6. The Morgan fingerprint density at radius 1 is 1.33 bits per heavy atom. The lowest BCUT2D eigenvalue weighted by atomic mass is 10.1. The molecule has 0 aliphatic heterocycles. The lowest BCUT2D eigenvalue weighted by molar-refractivity contribution is -0.148. The molecule has 0 aliphatic rings. The van der Waals surface area contributed by atoms with Crippen LogP contribution in [-0.2, 0) is 9.53 Å². The van der Waals surface area contributed by atoms with E-state index in [0.717, 1.165) is 0 Å². The number of carbonyl (C=O) groups excluding carboxylic acids is 1. The first-order chi connectivity index (χ1) is 5.25. The Labute approximate surface area is 87.1 Å². The number of hydrogen-bond acceptors (Lipinski definition) is 2. The van der Waals surface area contributed by atoms with Gasteiger partial charge in [0.25, 0.3) is 0 Å². The number of rotatable bonds is 2. The van der Waals surface area contributed by atoms with E-state index >= 15 is 0 Å². The minimum atomic E-state index is -1.56. The van der Waals surface area contributed by atoms with Gasteiger partial charge in [0.15, 0.2) is 6.10 Å². The van der Waals surface area contributed by atoms with Gasteiger partial charge in [0.1, 0.15) is 0 Å². The molecule has 0 aromatic rings. The fourth-order valence-electron chi connectivity index (χ4n) is 0.760. The molecule has 0 fully saturated rings. The van der Waals surface area contributed by atoms with Gasteiger partial charge in [0, 0.05) is 6.92 Å². The highest BCUT2D eigenvalue weighted by molar-refractivity contribution is 6.68. The molecule has 0 aromatic carbocycles. The zero-order valence-corrected chi connectivity index (χ0v) is 9.37. The van der Waals surface area contributed by atoms with Gasteiger partial charge < -0.3 is 4.74 Å². The van der Waals surface area contributed by atoms with Crippen LogP contribution in [0, 0.1) is 5.92 Å². The fraction of sp³-hybridized carbons (Fsp3) is 0.857. The first kappa shape index (κ1) is 12.3. The molecule has 0 radical (unpaired) electrons. The summed E-state index contributed by atoms with van der Waals surface area (Å²) in [4.78, 5) is 10.6. The van der Waals surface area contributed by atoms with Crippen molar-refractivity contribution < 1.29 is 9.53 Å². The summed E-state index contributed by atoms with van der Waals surface area (Å²) in [6, 6.07) is 0. The summed E-state index contributed by atoms with van der Waals surface area (Å²) in [6.45, 7) is 4.91. The molecule has 0 N–H and O–H groups in total. The summed E-state index contributed by atoms with van der Waals surface area (Å²) in [5.41, 5.74) is 0. The first-order valence-corrected chi connectivity index (χ1v) is 4.62. The number of esters is 1. The molecule has 1 atom stereocenters. The third kappa shape index (κ3) is 4.39. The van der Waals surface area contributed by atoms with Gasteiger partial charge in [-0.2, -0.15) is 0 Å². The zero-order chi connectivity index (χ0) is 9.94. The summed E-state index contributed by atoms with van der Waals surface area (Å²) in [6.07, 6.45) is -0.694. The van der Waals surface area contributed by atoms with E-state index in [0.29, 0.717) is 0 Å². The highest BCUT2D eigenvalue weighted by atomic mass is 35.6. The highest BCUT2D eigenvalue weighted by Gasteiger charge is 2.37. The third-order valence-corrected chi connectivity index (χ3v) is 1.87. The summed E-state index contributed by atoms with van der Waals surface area (Å²) >= 11 is 16.8. The van der Waals surface area contributed by atoms with Crippen molar-refractivity contribution in [1.82, 2.24) is 0 Å². The van der Waals surface area contributed by atoms with Crippen LogP contribution < -0.4 is 0 Å². The summed E-state index contributed by atoms with van der Waals surface area (Å²) in [7, 11) is 0. The zero-order valence-electron chi connectivity index (χ0n) is 7.11. The number of hydrogen-bond donors (Lipinski definition) is 0. The fourth-order valence-corrected chi connectivity index (χ4v) is 1.65. The number of ether oxygens (including phenoxy) is 1. The van der Waals surface area contributed by atoms with Gasteiger partial charge in [0.05, 0.1) is 0 Å². The van der Waals surface area contributed by atoms with E-state index in [1.165, 1.54) is 6.92 Å². The molecule has 0 saturated heterocycles. The predicted octanol–water partition coefficient (Wildman–Crippen LogP) is 2.94. The lowest BCUT2D eigenvalue weighted by Crippen LogP contribution is -2.35. The smallest absolute Gasteiger partial charge is 0.303 e. The van der Waals surface area contributed by atoms with Gasteiger partial charge >= 0.3 is 5.97 Å². The van der Waals surface area contributed by atoms with Crippen LogP contribution in [0.15, 0.2) is 0 Å². The largest absolute Gasteiger partial charge is 0.458 e. The number of alkyl halides is 3. The average molecular weight is 234 g/mol. The van der Waals surface area contributed by atoms with E-state index < -0.39 is 15.9 Å². The molecule has 0 saturated carbocycles. The SMILES string of the molecule is CC(=O)OC(C(C)C)C(Cl)(Cl)Cl. The Morgan fingerprint density at radius 3 is 1.83 bits per heavy atom. The number of carbonyl (C=O) groups is 1. The molecule has 0 heterocycles. The van der Waals surface area contributed by atoms with Crippen molar-refractivity contribution >= 4 is 40.8 Å². The second-order valence-electron chi connectivity index (χ2n) is 2.82. The first-order valence-electron chi connectivity index (χ1n) is 3.49. The summed E-state index contributed by atoms with van der Waals surface area (Å²) in [5.74, 6) is -0.471. The van der Waals surface area contributed by atoms with Gasteiger partial charge in [-0.3, -0.25) is 4.79 Å². The third-order valence-electron chi connectivity index (χ3n) is 1.22. The van der Waals surface area contributed by atoms with E-state index in [1.807, 2.05) is 13.8 Å². The van der Waals surface area contributed by atoms with Crippen molar-refractivity contribution in [2.24, 2.45) is 5.92 Å². The van der Waals surface area contributed by atoms with Crippen molar-refractivity contribution in [1.29, 1.82) is 0 Å². The molecule has 0 bridgehead atoms. The molecule has 0 rings (SSSR count). The number of halogens is 3. The van der Waals surface area contributed by atoms with Crippen molar-refractivity contribution in [2.75, 3.05) is 0 Å². The molecular weight excluding hydrogens is 222 g/mol. The van der Waals surface area contributed by atoms with Crippen molar-refractivity contribution in [2.45, 2.75) is 30.7 Å². The molecule has 72 valence electrons. The van der Waals surface area contributed by atoms with E-state index in [-0.39, 0.29) is 5.92 Å². The summed E-state index contributed by atoms with van der Waals surface area (Å²) in [5, 5.41) is 0. The van der Waals surface area contributed by atoms with Crippen LogP contribution in [0.4, 0.5) is 0 Å². The monoisotopic (exact) mass is 232 g/mol. The predicted molar refractivity (Wildman–Crippen MR) is 50.7 cm³/mol. The van der Waals surface area contributed by atoms with Gasteiger partial charge in [-0.05, 0) is 5.92 Å². The van der Waals surface area contributed by atoms with Crippen LogP contribution in [0.5, 0.6) is 0 Å². The molecule has 0 amide bonds. The van der Waals surface area contributed by atoms with Gasteiger partial charge in [0.2, 0.25) is 3.79 Å². The minimum Gasteiger partial charge on any atom is -0.458 e. The highest BCUT2D eigenvalue weighted by Crippen LogP contribution is 2.35. The van der Waals surface area contributed by atoms with Crippen LogP contribution >= 0.6 is 34.8 Å². The molecule has 12 heavy (non-hydrogen) atoms. The normalized spacial score (nSPS) is 14.6.